The highest BCUT2D eigenvalue weighted by molar-refractivity contribution is 5.66. The lowest BCUT2D eigenvalue weighted by atomic mass is 10.1. The minimum Gasteiger partial charge on any atom is -0.481 e. The van der Waals surface area contributed by atoms with Crippen LogP contribution in [-0.2, 0) is 24.2 Å². The molecule has 0 fully saturated rings. The molecule has 2 aromatic rings. The lowest BCUT2D eigenvalue weighted by molar-refractivity contribution is -0.137. The minimum atomic E-state index is -0.855. The van der Waals surface area contributed by atoms with Crippen molar-refractivity contribution in [3.8, 4) is 0 Å². The summed E-state index contributed by atoms with van der Waals surface area (Å²) in [6, 6.07) is 8.24. The molecule has 0 aliphatic carbocycles. The number of carboxylic acid groups (broad SMARTS) is 1. The minimum absolute atomic E-state index is 0.0247. The number of aryl methyl sites for hydroxylation is 2. The third-order valence-corrected chi connectivity index (χ3v) is 2.81. The molecule has 0 saturated carbocycles. The van der Waals surface area contributed by atoms with Crippen molar-refractivity contribution in [1.29, 1.82) is 0 Å². The van der Waals surface area contributed by atoms with E-state index in [1.807, 2.05) is 12.1 Å². The number of hydrogen-bond acceptors (Lipinski definition) is 4. The van der Waals surface area contributed by atoms with Gasteiger partial charge in [-0.2, -0.15) is 4.80 Å². The van der Waals surface area contributed by atoms with Gasteiger partial charge in [-0.3, -0.25) is 4.79 Å². The number of aromatic nitrogens is 4. The van der Waals surface area contributed by atoms with Crippen LogP contribution in [0.2, 0.25) is 0 Å². The van der Waals surface area contributed by atoms with Crippen molar-refractivity contribution in [3.63, 3.8) is 0 Å². The van der Waals surface area contributed by atoms with Gasteiger partial charge in [0.2, 0.25) is 0 Å². The van der Waals surface area contributed by atoms with E-state index in [4.69, 9.17) is 5.11 Å². The van der Waals surface area contributed by atoms with Gasteiger partial charge in [-0.05, 0) is 22.8 Å². The summed E-state index contributed by atoms with van der Waals surface area (Å²) in [5.74, 6) is -0.390. The zero-order valence-electron chi connectivity index (χ0n) is 10.8. The quantitative estimate of drug-likeness (QED) is 0.846. The molecular formula is C13H16N4O2. The largest absolute Gasteiger partial charge is 0.481 e. The summed E-state index contributed by atoms with van der Waals surface area (Å²) in [7, 11) is 0. The molecule has 0 aliphatic rings. The van der Waals surface area contributed by atoms with Crippen LogP contribution < -0.4 is 0 Å². The summed E-state index contributed by atoms with van der Waals surface area (Å²) >= 11 is 0. The van der Waals surface area contributed by atoms with Gasteiger partial charge in [0, 0.05) is 6.42 Å². The molecule has 1 aromatic carbocycles. The topological polar surface area (TPSA) is 80.9 Å². The molecule has 100 valence electrons. The first-order valence-corrected chi connectivity index (χ1v) is 6.23. The maximum Gasteiger partial charge on any atom is 0.303 e. The van der Waals surface area contributed by atoms with Crippen LogP contribution in [0.4, 0.5) is 0 Å². The number of benzene rings is 1. The molecule has 0 unspecified atom stereocenters. The summed E-state index contributed by atoms with van der Waals surface area (Å²) in [4.78, 5) is 11.9. The number of carbonyl (C=O) groups is 1. The second kappa shape index (κ2) is 6.08. The van der Waals surface area contributed by atoms with Crippen LogP contribution in [-0.4, -0.2) is 31.3 Å². The summed E-state index contributed by atoms with van der Waals surface area (Å²) in [5, 5.41) is 20.5. The maximum atomic E-state index is 10.4. The molecule has 1 heterocycles. The standard InChI is InChI=1S/C13H16N4O2/c1-2-10-3-5-11(6-4-10)9-17-15-12(14-16-17)7-8-13(18)19/h3-6H,2,7-9H2,1H3,(H,18,19). The Labute approximate surface area is 111 Å². The third-order valence-electron chi connectivity index (χ3n) is 2.81. The zero-order chi connectivity index (χ0) is 13.7. The Balaban J connectivity index is 1.96. The van der Waals surface area contributed by atoms with Crippen LogP contribution in [0.3, 0.4) is 0 Å². The van der Waals surface area contributed by atoms with E-state index in [9.17, 15) is 4.79 Å². The van der Waals surface area contributed by atoms with Crippen molar-refractivity contribution in [1.82, 2.24) is 20.2 Å². The summed E-state index contributed by atoms with van der Waals surface area (Å²) in [6.07, 6.45) is 1.35. The molecule has 1 N–H and O–H groups in total. The number of rotatable bonds is 6. The van der Waals surface area contributed by atoms with Crippen molar-refractivity contribution in [2.75, 3.05) is 0 Å². The average Bonchev–Trinajstić information content (AvgIpc) is 2.85. The molecule has 0 amide bonds. The second-order valence-corrected chi connectivity index (χ2v) is 4.30. The van der Waals surface area contributed by atoms with E-state index < -0.39 is 5.97 Å². The fraction of sp³-hybridized carbons (Fsp3) is 0.385. The fourth-order valence-electron chi connectivity index (χ4n) is 1.71. The smallest absolute Gasteiger partial charge is 0.303 e. The number of carboxylic acids is 1. The molecule has 0 saturated heterocycles. The van der Waals surface area contributed by atoms with Crippen LogP contribution >= 0.6 is 0 Å². The van der Waals surface area contributed by atoms with Gasteiger partial charge in [0.1, 0.15) is 0 Å². The van der Waals surface area contributed by atoms with Crippen molar-refractivity contribution in [3.05, 3.63) is 41.2 Å². The lowest BCUT2D eigenvalue weighted by Gasteiger charge is -2.01. The predicted octanol–water partition coefficient (Wildman–Crippen LogP) is 1.30. The van der Waals surface area contributed by atoms with Gasteiger partial charge < -0.3 is 5.11 Å². The van der Waals surface area contributed by atoms with E-state index in [-0.39, 0.29) is 6.42 Å². The molecule has 1 aromatic heterocycles. The number of nitrogens with zero attached hydrogens (tertiary/aromatic N) is 4. The van der Waals surface area contributed by atoms with Gasteiger partial charge in [-0.1, -0.05) is 31.2 Å². The van der Waals surface area contributed by atoms with Crippen molar-refractivity contribution >= 4 is 5.97 Å². The number of hydrogen-bond donors (Lipinski definition) is 1. The molecule has 0 aliphatic heterocycles. The molecular weight excluding hydrogens is 244 g/mol. The Morgan fingerprint density at radius 2 is 1.95 bits per heavy atom. The first-order chi connectivity index (χ1) is 9.17. The van der Waals surface area contributed by atoms with Crippen LogP contribution in [0.25, 0.3) is 0 Å². The van der Waals surface area contributed by atoms with Gasteiger partial charge in [-0.25, -0.2) is 0 Å². The van der Waals surface area contributed by atoms with Crippen molar-refractivity contribution in [2.45, 2.75) is 32.7 Å². The number of tetrazole rings is 1. The summed E-state index contributed by atoms with van der Waals surface area (Å²) < 4.78 is 0. The first kappa shape index (κ1) is 13.2. The fourth-order valence-corrected chi connectivity index (χ4v) is 1.71. The average molecular weight is 260 g/mol. The van der Waals surface area contributed by atoms with Gasteiger partial charge in [0.05, 0.1) is 13.0 Å². The summed E-state index contributed by atoms with van der Waals surface area (Å²) in [5.41, 5.74) is 2.39. The van der Waals surface area contributed by atoms with Crippen LogP contribution in [0, 0.1) is 0 Å². The van der Waals surface area contributed by atoms with Gasteiger partial charge in [0.25, 0.3) is 0 Å². The van der Waals surface area contributed by atoms with Crippen LogP contribution in [0.5, 0.6) is 0 Å². The second-order valence-electron chi connectivity index (χ2n) is 4.30. The highest BCUT2D eigenvalue weighted by Gasteiger charge is 2.06. The Hall–Kier alpha value is -2.24. The molecule has 19 heavy (non-hydrogen) atoms. The van der Waals surface area contributed by atoms with Crippen molar-refractivity contribution < 1.29 is 9.90 Å². The highest BCUT2D eigenvalue weighted by Crippen LogP contribution is 2.06. The van der Waals surface area contributed by atoms with Gasteiger partial charge >= 0.3 is 5.97 Å². The molecule has 0 atom stereocenters. The summed E-state index contributed by atoms with van der Waals surface area (Å²) in [6.45, 7) is 2.66. The molecule has 0 radical (unpaired) electrons. The molecule has 6 nitrogen and oxygen atoms in total. The maximum absolute atomic E-state index is 10.4. The Morgan fingerprint density at radius 3 is 2.58 bits per heavy atom. The normalized spacial score (nSPS) is 10.6. The molecule has 6 heteroatoms. The number of aliphatic carboxylic acids is 1. The Morgan fingerprint density at radius 1 is 1.26 bits per heavy atom. The van der Waals surface area contributed by atoms with E-state index in [1.54, 1.807) is 0 Å². The predicted molar refractivity (Wildman–Crippen MR) is 68.7 cm³/mol. The SMILES string of the molecule is CCc1ccc(Cn2nnc(CCC(=O)O)n2)cc1. The Kier molecular flexibility index (Phi) is 4.22. The highest BCUT2D eigenvalue weighted by atomic mass is 16.4. The van der Waals surface area contributed by atoms with Gasteiger partial charge in [-0.15, -0.1) is 10.2 Å². The Bertz CT molecular complexity index is 548. The van der Waals surface area contributed by atoms with E-state index in [0.717, 1.165) is 12.0 Å². The van der Waals surface area contributed by atoms with E-state index in [2.05, 4.69) is 34.5 Å². The lowest BCUT2D eigenvalue weighted by Crippen LogP contribution is -2.05. The van der Waals surface area contributed by atoms with Crippen molar-refractivity contribution in [2.24, 2.45) is 0 Å². The zero-order valence-corrected chi connectivity index (χ0v) is 10.8. The molecule has 2 rings (SSSR count). The van der Waals surface area contributed by atoms with Crippen LogP contribution in [0.1, 0.15) is 30.3 Å². The monoisotopic (exact) mass is 260 g/mol. The molecule has 0 spiro atoms. The van der Waals surface area contributed by atoms with E-state index >= 15 is 0 Å². The first-order valence-electron chi connectivity index (χ1n) is 6.23. The van der Waals surface area contributed by atoms with E-state index in [1.165, 1.54) is 10.4 Å². The van der Waals surface area contributed by atoms with Crippen LogP contribution in [0.15, 0.2) is 24.3 Å². The third kappa shape index (κ3) is 3.87. The van der Waals surface area contributed by atoms with Gasteiger partial charge in [0.15, 0.2) is 5.82 Å². The molecule has 0 bridgehead atoms. The van der Waals surface area contributed by atoms with E-state index in [0.29, 0.717) is 18.8 Å².